The van der Waals surface area contributed by atoms with Crippen LogP contribution in [0.25, 0.3) is 0 Å². The third-order valence-electron chi connectivity index (χ3n) is 4.53. The van der Waals surface area contributed by atoms with Crippen molar-refractivity contribution in [2.24, 2.45) is 10.4 Å². The molecule has 0 atom stereocenters. The van der Waals surface area contributed by atoms with E-state index < -0.39 is 0 Å². The highest BCUT2D eigenvalue weighted by Crippen LogP contribution is 2.45. The van der Waals surface area contributed by atoms with Gasteiger partial charge in [0.15, 0.2) is 5.96 Å². The molecule has 1 aliphatic heterocycles. The molecule has 0 amide bonds. The van der Waals surface area contributed by atoms with Gasteiger partial charge in [-0.15, -0.1) is 0 Å². The van der Waals surface area contributed by atoms with Crippen LogP contribution in [0.2, 0.25) is 0 Å². The van der Waals surface area contributed by atoms with Crippen molar-refractivity contribution < 1.29 is 4.52 Å². The lowest BCUT2D eigenvalue weighted by atomic mass is 9.86. The molecule has 1 saturated carbocycles. The standard InChI is InChI=1S/C14H22N4O/c1-15-13(16-10-12-4-9-19-17-12)18-8-7-14(11-18)5-2-3-6-14/h4,9H,2-3,5-8,10-11H2,1H3,(H,15,16). The SMILES string of the molecule is CN=C(NCc1ccon1)N1CCC2(CCCC2)C1. The summed E-state index contributed by atoms with van der Waals surface area (Å²) in [6.07, 6.45) is 8.51. The normalized spacial score (nSPS) is 22.4. The average molecular weight is 262 g/mol. The van der Waals surface area contributed by atoms with Gasteiger partial charge in [0.2, 0.25) is 0 Å². The number of guanidine groups is 1. The van der Waals surface area contributed by atoms with Crippen molar-refractivity contribution in [2.75, 3.05) is 20.1 Å². The summed E-state index contributed by atoms with van der Waals surface area (Å²) in [5, 5.41) is 7.28. The van der Waals surface area contributed by atoms with E-state index in [1.54, 1.807) is 6.26 Å². The molecule has 0 aromatic carbocycles. The second-order valence-electron chi connectivity index (χ2n) is 5.77. The van der Waals surface area contributed by atoms with Crippen molar-refractivity contribution in [2.45, 2.75) is 38.6 Å². The van der Waals surface area contributed by atoms with Crippen molar-refractivity contribution in [3.05, 3.63) is 18.0 Å². The van der Waals surface area contributed by atoms with Crippen molar-refractivity contribution in [3.8, 4) is 0 Å². The van der Waals surface area contributed by atoms with Gasteiger partial charge >= 0.3 is 0 Å². The Morgan fingerprint density at radius 1 is 1.47 bits per heavy atom. The molecule has 0 bridgehead atoms. The maximum Gasteiger partial charge on any atom is 0.193 e. The van der Waals surface area contributed by atoms with Gasteiger partial charge in [0.05, 0.1) is 6.54 Å². The van der Waals surface area contributed by atoms with E-state index in [9.17, 15) is 0 Å². The van der Waals surface area contributed by atoms with Crippen LogP contribution in [0.5, 0.6) is 0 Å². The summed E-state index contributed by atoms with van der Waals surface area (Å²) in [5.41, 5.74) is 1.49. The number of nitrogens with zero attached hydrogens (tertiary/aromatic N) is 3. The number of nitrogens with one attached hydrogen (secondary N) is 1. The van der Waals surface area contributed by atoms with Gasteiger partial charge in [0, 0.05) is 26.2 Å². The molecule has 2 fully saturated rings. The minimum absolute atomic E-state index is 0.575. The van der Waals surface area contributed by atoms with Crippen LogP contribution in [0.1, 0.15) is 37.8 Å². The fourth-order valence-electron chi connectivity index (χ4n) is 3.48. The summed E-state index contributed by atoms with van der Waals surface area (Å²) in [6, 6.07) is 1.88. The maximum atomic E-state index is 4.84. The van der Waals surface area contributed by atoms with Gasteiger partial charge in [0.1, 0.15) is 12.0 Å². The largest absolute Gasteiger partial charge is 0.364 e. The van der Waals surface area contributed by atoms with Crippen LogP contribution in [0.3, 0.4) is 0 Å². The van der Waals surface area contributed by atoms with Crippen LogP contribution in [0.15, 0.2) is 21.8 Å². The molecule has 3 rings (SSSR count). The van der Waals surface area contributed by atoms with Gasteiger partial charge in [-0.05, 0) is 24.7 Å². The van der Waals surface area contributed by atoms with Crippen LogP contribution in [-0.4, -0.2) is 36.2 Å². The smallest absolute Gasteiger partial charge is 0.193 e. The Hall–Kier alpha value is -1.52. The van der Waals surface area contributed by atoms with Crippen molar-refractivity contribution in [1.82, 2.24) is 15.4 Å². The van der Waals surface area contributed by atoms with Crippen LogP contribution in [0.4, 0.5) is 0 Å². The zero-order valence-corrected chi connectivity index (χ0v) is 11.6. The van der Waals surface area contributed by atoms with Crippen LogP contribution in [-0.2, 0) is 6.54 Å². The predicted molar refractivity (Wildman–Crippen MR) is 73.8 cm³/mol. The Kier molecular flexibility index (Phi) is 3.44. The number of rotatable bonds is 2. The Bertz CT molecular complexity index is 434. The monoisotopic (exact) mass is 262 g/mol. The van der Waals surface area contributed by atoms with Gasteiger partial charge in [0.25, 0.3) is 0 Å². The van der Waals surface area contributed by atoms with E-state index in [1.807, 2.05) is 13.1 Å². The second-order valence-corrected chi connectivity index (χ2v) is 5.77. The number of hydrogen-bond acceptors (Lipinski definition) is 3. The molecule has 1 saturated heterocycles. The predicted octanol–water partition coefficient (Wildman–Crippen LogP) is 2.02. The fourth-order valence-corrected chi connectivity index (χ4v) is 3.48. The maximum absolute atomic E-state index is 4.84. The Morgan fingerprint density at radius 3 is 3.00 bits per heavy atom. The molecule has 104 valence electrons. The van der Waals surface area contributed by atoms with Crippen LogP contribution in [0, 0.1) is 5.41 Å². The highest BCUT2D eigenvalue weighted by atomic mass is 16.5. The number of aromatic nitrogens is 1. The molecule has 19 heavy (non-hydrogen) atoms. The minimum atomic E-state index is 0.575. The molecule has 0 unspecified atom stereocenters. The van der Waals surface area contributed by atoms with Crippen molar-refractivity contribution in [3.63, 3.8) is 0 Å². The molecular formula is C14H22N4O. The van der Waals surface area contributed by atoms with Crippen molar-refractivity contribution in [1.29, 1.82) is 0 Å². The summed E-state index contributed by atoms with van der Waals surface area (Å²) < 4.78 is 4.84. The minimum Gasteiger partial charge on any atom is -0.364 e. The van der Waals surface area contributed by atoms with E-state index in [4.69, 9.17) is 4.52 Å². The first-order valence-electron chi connectivity index (χ1n) is 7.16. The number of hydrogen-bond donors (Lipinski definition) is 1. The van der Waals surface area contributed by atoms with Gasteiger partial charge in [-0.1, -0.05) is 18.0 Å². The highest BCUT2D eigenvalue weighted by Gasteiger charge is 2.40. The second kappa shape index (κ2) is 5.23. The quantitative estimate of drug-likeness (QED) is 0.654. The van der Waals surface area contributed by atoms with Crippen LogP contribution < -0.4 is 5.32 Å². The molecule has 1 aromatic heterocycles. The molecular weight excluding hydrogens is 240 g/mol. The van der Waals surface area contributed by atoms with Crippen LogP contribution >= 0.6 is 0 Å². The summed E-state index contributed by atoms with van der Waals surface area (Å²) in [4.78, 5) is 6.79. The topological polar surface area (TPSA) is 53.7 Å². The Labute approximate surface area is 114 Å². The van der Waals surface area contributed by atoms with E-state index in [0.717, 1.165) is 24.7 Å². The molecule has 5 nitrogen and oxygen atoms in total. The molecule has 5 heteroatoms. The van der Waals surface area contributed by atoms with Gasteiger partial charge in [-0.3, -0.25) is 4.99 Å². The van der Waals surface area contributed by atoms with Gasteiger partial charge < -0.3 is 14.7 Å². The van der Waals surface area contributed by atoms with E-state index >= 15 is 0 Å². The van der Waals surface area contributed by atoms with E-state index in [0.29, 0.717) is 12.0 Å². The molecule has 2 heterocycles. The first-order chi connectivity index (χ1) is 9.31. The summed E-state index contributed by atoms with van der Waals surface area (Å²) in [5.74, 6) is 0.992. The molecule has 1 N–H and O–H groups in total. The third kappa shape index (κ3) is 2.60. The Morgan fingerprint density at radius 2 is 2.32 bits per heavy atom. The lowest BCUT2D eigenvalue weighted by Crippen LogP contribution is -2.40. The first-order valence-corrected chi connectivity index (χ1v) is 7.16. The third-order valence-corrected chi connectivity index (χ3v) is 4.53. The zero-order chi connectivity index (χ0) is 13.1. The summed E-state index contributed by atoms with van der Waals surface area (Å²) in [7, 11) is 1.85. The van der Waals surface area contributed by atoms with E-state index in [1.165, 1.54) is 32.1 Å². The molecule has 1 aromatic rings. The zero-order valence-electron chi connectivity index (χ0n) is 11.6. The van der Waals surface area contributed by atoms with E-state index in [2.05, 4.69) is 20.4 Å². The number of aliphatic imine (C=N–C) groups is 1. The number of likely N-dealkylation sites (tertiary alicyclic amines) is 1. The Balaban J connectivity index is 1.58. The van der Waals surface area contributed by atoms with E-state index in [-0.39, 0.29) is 0 Å². The molecule has 1 aliphatic carbocycles. The van der Waals surface area contributed by atoms with Gasteiger partial charge in [-0.25, -0.2) is 0 Å². The highest BCUT2D eigenvalue weighted by molar-refractivity contribution is 5.80. The molecule has 1 spiro atoms. The lowest BCUT2D eigenvalue weighted by molar-refractivity contribution is 0.309. The molecule has 2 aliphatic rings. The molecule has 0 radical (unpaired) electrons. The summed E-state index contributed by atoms with van der Waals surface area (Å²) in [6.45, 7) is 2.96. The first kappa shape index (κ1) is 12.5. The lowest BCUT2D eigenvalue weighted by Gasteiger charge is -2.25. The fraction of sp³-hybridized carbons (Fsp3) is 0.714. The summed E-state index contributed by atoms with van der Waals surface area (Å²) >= 11 is 0. The van der Waals surface area contributed by atoms with Crippen molar-refractivity contribution >= 4 is 5.96 Å². The average Bonchev–Trinajstić information content (AvgIpc) is 3.15. The van der Waals surface area contributed by atoms with Gasteiger partial charge in [-0.2, -0.15) is 0 Å².